The summed E-state index contributed by atoms with van der Waals surface area (Å²) in [7, 11) is 0. The molecular weight excluding hydrogens is 544 g/mol. The first-order chi connectivity index (χ1) is 20.3. The molecule has 2 rings (SSSR count). The summed E-state index contributed by atoms with van der Waals surface area (Å²) >= 11 is 0. The van der Waals surface area contributed by atoms with Crippen LogP contribution >= 0.6 is 0 Å². The predicted molar refractivity (Wildman–Crippen MR) is 186 cm³/mol. The lowest BCUT2D eigenvalue weighted by Crippen LogP contribution is -2.65. The highest BCUT2D eigenvalue weighted by atomic mass is 16.4. The van der Waals surface area contributed by atoms with Crippen LogP contribution in [-0.4, -0.2) is 43.8 Å². The molecule has 0 amide bonds. The Morgan fingerprint density at radius 2 is 1.23 bits per heavy atom. The van der Waals surface area contributed by atoms with Crippen molar-refractivity contribution >= 4 is 0 Å². The molecule has 0 unspecified atom stereocenters. The highest BCUT2D eigenvalue weighted by Gasteiger charge is 2.58. The molecule has 0 radical (unpaired) electrons. The molecule has 44 heavy (non-hydrogen) atoms. The van der Waals surface area contributed by atoms with Gasteiger partial charge in [0, 0.05) is 22.8 Å². The third-order valence-corrected chi connectivity index (χ3v) is 8.85. The van der Waals surface area contributed by atoms with Gasteiger partial charge in [0.2, 0.25) is 0 Å². The van der Waals surface area contributed by atoms with Crippen molar-refractivity contribution in [3.8, 4) is 11.8 Å². The van der Waals surface area contributed by atoms with E-state index in [1.54, 1.807) is 13.0 Å². The van der Waals surface area contributed by atoms with Crippen LogP contribution in [0.3, 0.4) is 0 Å². The van der Waals surface area contributed by atoms with Gasteiger partial charge in [-0.3, -0.25) is 0 Å². The van der Waals surface area contributed by atoms with Crippen molar-refractivity contribution < 1.29 is 20.4 Å². The van der Waals surface area contributed by atoms with E-state index in [1.807, 2.05) is 89.3 Å². The van der Waals surface area contributed by atoms with Crippen LogP contribution in [0.15, 0.2) is 106 Å². The van der Waals surface area contributed by atoms with Crippen LogP contribution in [0.2, 0.25) is 0 Å². The van der Waals surface area contributed by atoms with Crippen molar-refractivity contribution in [2.75, 3.05) is 0 Å². The Labute approximate surface area is 267 Å². The quantitative estimate of drug-likeness (QED) is 0.167. The number of aliphatic hydroxyl groups excluding tert-OH is 2. The van der Waals surface area contributed by atoms with Crippen molar-refractivity contribution in [2.45, 2.75) is 118 Å². The maximum atomic E-state index is 11.4. The molecule has 0 aromatic rings. The van der Waals surface area contributed by atoms with Crippen LogP contribution in [0.1, 0.15) is 94.9 Å². The third kappa shape index (κ3) is 10.3. The lowest BCUT2D eigenvalue weighted by atomic mass is 9.57. The molecule has 4 heteroatoms. The van der Waals surface area contributed by atoms with E-state index >= 15 is 0 Å². The Balaban J connectivity index is 1.96. The molecule has 4 N–H and O–H groups in total. The van der Waals surface area contributed by atoms with Gasteiger partial charge in [-0.1, -0.05) is 129 Å². The Hall–Kier alpha value is -2.94. The average Bonchev–Trinajstić information content (AvgIpc) is 2.87. The van der Waals surface area contributed by atoms with Gasteiger partial charge in [0.1, 0.15) is 5.60 Å². The van der Waals surface area contributed by atoms with E-state index in [4.69, 9.17) is 0 Å². The zero-order valence-corrected chi connectivity index (χ0v) is 28.7. The highest BCUT2D eigenvalue weighted by molar-refractivity contribution is 5.45. The summed E-state index contributed by atoms with van der Waals surface area (Å²) in [4.78, 5) is 0. The molecule has 1 saturated carbocycles. The van der Waals surface area contributed by atoms with E-state index < -0.39 is 22.7 Å². The second-order valence-electron chi connectivity index (χ2n) is 14.4. The molecule has 240 valence electrons. The van der Waals surface area contributed by atoms with Gasteiger partial charge in [0.25, 0.3) is 0 Å². The molecule has 4 atom stereocenters. The van der Waals surface area contributed by atoms with Crippen molar-refractivity contribution in [1.29, 1.82) is 0 Å². The fourth-order valence-electron chi connectivity index (χ4n) is 6.37. The molecule has 0 bridgehead atoms. The van der Waals surface area contributed by atoms with Crippen LogP contribution in [0, 0.1) is 22.7 Å². The molecule has 2 aliphatic rings. The van der Waals surface area contributed by atoms with E-state index in [1.165, 1.54) is 5.57 Å². The van der Waals surface area contributed by atoms with Crippen molar-refractivity contribution in [3.63, 3.8) is 0 Å². The van der Waals surface area contributed by atoms with Crippen LogP contribution in [0.4, 0.5) is 0 Å². The van der Waals surface area contributed by atoms with Gasteiger partial charge in [0.15, 0.2) is 0 Å². The smallest absolute Gasteiger partial charge is 0.117 e. The Morgan fingerprint density at radius 3 is 1.77 bits per heavy atom. The first kappa shape index (κ1) is 37.2. The third-order valence-electron chi connectivity index (χ3n) is 8.85. The summed E-state index contributed by atoms with van der Waals surface area (Å²) in [5, 5.41) is 42.6. The largest absolute Gasteiger partial charge is 0.393 e. The van der Waals surface area contributed by atoms with E-state index in [0.29, 0.717) is 12.8 Å². The summed E-state index contributed by atoms with van der Waals surface area (Å²) < 4.78 is 0. The van der Waals surface area contributed by atoms with Crippen LogP contribution < -0.4 is 0 Å². The fraction of sp³-hybridized carbons (Fsp3) is 0.500. The summed E-state index contributed by atoms with van der Waals surface area (Å²) in [6.45, 7) is 19.8. The van der Waals surface area contributed by atoms with E-state index in [9.17, 15) is 20.4 Å². The van der Waals surface area contributed by atoms with Gasteiger partial charge in [-0.2, -0.15) is 0 Å². The molecule has 2 aliphatic carbocycles. The summed E-state index contributed by atoms with van der Waals surface area (Å²) in [5.41, 5.74) is 2.87. The number of hydrogen-bond donors (Lipinski definition) is 4. The van der Waals surface area contributed by atoms with Gasteiger partial charge in [-0.15, -0.1) is 0 Å². The number of rotatable bonds is 8. The fourth-order valence-corrected chi connectivity index (χ4v) is 6.37. The van der Waals surface area contributed by atoms with Gasteiger partial charge in [-0.25, -0.2) is 0 Å². The molecule has 0 aromatic carbocycles. The minimum Gasteiger partial charge on any atom is -0.393 e. The summed E-state index contributed by atoms with van der Waals surface area (Å²) in [5.74, 6) is 6.65. The summed E-state index contributed by atoms with van der Waals surface area (Å²) in [6, 6.07) is 0. The lowest BCUT2D eigenvalue weighted by molar-refractivity contribution is -0.216. The molecule has 0 aliphatic heterocycles. The molecule has 0 heterocycles. The lowest BCUT2D eigenvalue weighted by Gasteiger charge is -2.54. The molecule has 4 nitrogen and oxygen atoms in total. The van der Waals surface area contributed by atoms with Gasteiger partial charge >= 0.3 is 0 Å². The van der Waals surface area contributed by atoms with Crippen molar-refractivity contribution in [2.24, 2.45) is 10.8 Å². The standard InChI is InChI=1S/C40H56O4/c1-29(17-13-19-31(3)21-22-36-33(5)25-34(41)26-37(36,6)7)15-11-12-16-30(2)18-14-20-32(4)23-24-40(44)38(8,9)27-35(42)28-39(40,10)43/h11-20,23-24,34-35,41-44H,25-28H2,1-10H3/b12-11+,17-13+,18-14+,24-23+,29-15+,30-16+,31-19+,32-20+/t34-,35+,39+,40+/m1/s1. The topological polar surface area (TPSA) is 80.9 Å². The highest BCUT2D eigenvalue weighted by Crippen LogP contribution is 2.50. The molecular formula is C40H56O4. The summed E-state index contributed by atoms with van der Waals surface area (Å²) in [6.07, 6.45) is 24.8. The average molecular weight is 601 g/mol. The first-order valence-corrected chi connectivity index (χ1v) is 15.7. The van der Waals surface area contributed by atoms with E-state index in [0.717, 1.165) is 34.3 Å². The number of hydrogen-bond acceptors (Lipinski definition) is 4. The van der Waals surface area contributed by atoms with Crippen molar-refractivity contribution in [3.05, 3.63) is 106 Å². The van der Waals surface area contributed by atoms with E-state index in [-0.39, 0.29) is 17.9 Å². The zero-order valence-electron chi connectivity index (χ0n) is 28.7. The first-order valence-electron chi connectivity index (χ1n) is 15.7. The minimum absolute atomic E-state index is 0.0983. The maximum Gasteiger partial charge on any atom is 0.117 e. The SMILES string of the molecule is CC1=C(C#C/C(C)=C/C=C/C(C)=C/C=C/C=C(C)/C=C/C=C(C)/C=C/[C@]2(O)C(C)(C)C[C@H](O)C[C@]2(C)O)C(C)(C)C[C@H](O)C1. The maximum absolute atomic E-state index is 11.4. The van der Waals surface area contributed by atoms with E-state index in [2.05, 4.69) is 51.7 Å². The molecule has 0 saturated heterocycles. The van der Waals surface area contributed by atoms with Crippen molar-refractivity contribution in [1.82, 2.24) is 0 Å². The molecule has 0 aromatic heterocycles. The minimum atomic E-state index is -1.45. The second kappa shape index (κ2) is 15.4. The Kier molecular flexibility index (Phi) is 13.0. The number of allylic oxidation sites excluding steroid dienone is 16. The molecule has 0 spiro atoms. The Morgan fingerprint density at radius 1 is 0.705 bits per heavy atom. The second-order valence-corrected chi connectivity index (χ2v) is 14.4. The monoisotopic (exact) mass is 600 g/mol. The van der Waals surface area contributed by atoms with Crippen LogP contribution in [0.25, 0.3) is 0 Å². The van der Waals surface area contributed by atoms with Gasteiger partial charge in [-0.05, 0) is 72.5 Å². The van der Waals surface area contributed by atoms with Crippen LogP contribution in [0.5, 0.6) is 0 Å². The Bertz CT molecular complexity index is 1350. The van der Waals surface area contributed by atoms with Crippen LogP contribution in [-0.2, 0) is 0 Å². The number of aliphatic hydroxyl groups is 4. The predicted octanol–water partition coefficient (Wildman–Crippen LogP) is 8.16. The van der Waals surface area contributed by atoms with Gasteiger partial charge in [0.05, 0.1) is 17.8 Å². The van der Waals surface area contributed by atoms with Gasteiger partial charge < -0.3 is 20.4 Å². The normalized spacial score (nSPS) is 30.6. The zero-order chi connectivity index (χ0) is 33.3. The molecule has 1 fully saturated rings.